The molecular formula is C29H48O3. The summed E-state index contributed by atoms with van der Waals surface area (Å²) >= 11 is 0. The summed E-state index contributed by atoms with van der Waals surface area (Å²) in [5, 5.41) is 31.6. The van der Waals surface area contributed by atoms with Gasteiger partial charge in [-0.2, -0.15) is 0 Å². The predicted octanol–water partition coefficient (Wildman–Crippen LogP) is 5.74. The van der Waals surface area contributed by atoms with E-state index in [-0.39, 0.29) is 16.7 Å². The van der Waals surface area contributed by atoms with E-state index >= 15 is 0 Å². The minimum absolute atomic E-state index is 0.0902. The van der Waals surface area contributed by atoms with Gasteiger partial charge in [0.15, 0.2) is 0 Å². The molecular weight excluding hydrogens is 396 g/mol. The van der Waals surface area contributed by atoms with Crippen molar-refractivity contribution in [2.45, 2.75) is 98.2 Å². The molecule has 0 aromatic carbocycles. The highest BCUT2D eigenvalue weighted by Gasteiger charge is 2.60. The number of rotatable bonds is 6. The van der Waals surface area contributed by atoms with Gasteiger partial charge >= 0.3 is 0 Å². The van der Waals surface area contributed by atoms with Crippen LogP contribution < -0.4 is 0 Å². The number of hydrogen-bond donors (Lipinski definition) is 3. The minimum atomic E-state index is -0.594. The van der Waals surface area contributed by atoms with Crippen LogP contribution in [0.15, 0.2) is 23.8 Å². The standard InChI is InChI=1S/C29H48O3/c1-17(2)18(3)7-8-20(16-30)23-11-12-24-21-9-10-22-19(4)27(32)26(31)15-29(22,6)25(21)13-14-28(23,24)5/h9,17,19-20,22-27,30-32H,3,7-8,10-16H2,1-2,4-6H3/t19-,20-,22?,23+,24-,25-,26+,27+,28+,29-/m0/s1. The zero-order chi connectivity index (χ0) is 23.4. The van der Waals surface area contributed by atoms with Gasteiger partial charge in [0.1, 0.15) is 0 Å². The van der Waals surface area contributed by atoms with Gasteiger partial charge in [-0.3, -0.25) is 0 Å². The SMILES string of the molecule is C=C(CC[C@@H](CO)[C@H]1CC[C@H]2C3=CCC4[C@H](C)[C@@H](O)[C@H](O)C[C@]4(C)[C@H]3CC[C@]12C)C(C)C. The van der Waals surface area contributed by atoms with E-state index in [9.17, 15) is 15.3 Å². The lowest BCUT2D eigenvalue weighted by Gasteiger charge is -2.60. The van der Waals surface area contributed by atoms with Crippen LogP contribution in [-0.4, -0.2) is 34.1 Å². The second kappa shape index (κ2) is 8.86. The van der Waals surface area contributed by atoms with Crippen LogP contribution in [0.2, 0.25) is 0 Å². The van der Waals surface area contributed by atoms with Crippen LogP contribution in [0.4, 0.5) is 0 Å². The van der Waals surface area contributed by atoms with Gasteiger partial charge in [-0.05, 0) is 104 Å². The van der Waals surface area contributed by atoms with E-state index in [4.69, 9.17) is 0 Å². The molecule has 4 aliphatic carbocycles. The van der Waals surface area contributed by atoms with Crippen LogP contribution in [0.25, 0.3) is 0 Å². The van der Waals surface area contributed by atoms with Crippen LogP contribution in [0.3, 0.4) is 0 Å². The zero-order valence-electron chi connectivity index (χ0n) is 21.2. The maximum Gasteiger partial charge on any atom is 0.0827 e. The molecule has 3 saturated carbocycles. The first-order chi connectivity index (χ1) is 15.0. The third kappa shape index (κ3) is 3.75. The van der Waals surface area contributed by atoms with E-state index in [0.29, 0.717) is 42.1 Å². The Morgan fingerprint density at radius 1 is 1.12 bits per heavy atom. The summed E-state index contributed by atoms with van der Waals surface area (Å²) in [6.45, 7) is 16.1. The van der Waals surface area contributed by atoms with Crippen molar-refractivity contribution >= 4 is 0 Å². The monoisotopic (exact) mass is 444 g/mol. The average molecular weight is 445 g/mol. The maximum absolute atomic E-state index is 10.7. The molecule has 0 heterocycles. The zero-order valence-corrected chi connectivity index (χ0v) is 21.2. The van der Waals surface area contributed by atoms with Crippen molar-refractivity contribution in [3.63, 3.8) is 0 Å². The van der Waals surface area contributed by atoms with Gasteiger partial charge in [0.05, 0.1) is 12.2 Å². The summed E-state index contributed by atoms with van der Waals surface area (Å²) in [6.07, 6.45) is 10.1. The largest absolute Gasteiger partial charge is 0.396 e. The Bertz CT molecular complexity index is 741. The smallest absolute Gasteiger partial charge is 0.0827 e. The number of fused-ring (bicyclic) bond motifs is 5. The van der Waals surface area contributed by atoms with Gasteiger partial charge in [0.25, 0.3) is 0 Å². The van der Waals surface area contributed by atoms with Crippen molar-refractivity contribution in [3.05, 3.63) is 23.8 Å². The van der Waals surface area contributed by atoms with Crippen molar-refractivity contribution in [2.24, 2.45) is 52.3 Å². The lowest BCUT2D eigenvalue weighted by molar-refractivity contribution is -0.139. The van der Waals surface area contributed by atoms with E-state index in [2.05, 4.69) is 47.3 Å². The lowest BCUT2D eigenvalue weighted by Crippen LogP contribution is -2.56. The van der Waals surface area contributed by atoms with Gasteiger partial charge in [-0.1, -0.05) is 58.4 Å². The quantitative estimate of drug-likeness (QED) is 0.458. The molecule has 32 heavy (non-hydrogen) atoms. The van der Waals surface area contributed by atoms with Gasteiger partial charge < -0.3 is 15.3 Å². The van der Waals surface area contributed by atoms with Crippen LogP contribution >= 0.6 is 0 Å². The fourth-order valence-electron chi connectivity index (χ4n) is 8.94. The molecule has 3 nitrogen and oxygen atoms in total. The molecule has 0 aromatic heterocycles. The first-order valence-electron chi connectivity index (χ1n) is 13.4. The highest BCUT2D eigenvalue weighted by Crippen LogP contribution is 2.67. The van der Waals surface area contributed by atoms with E-state index < -0.39 is 12.2 Å². The van der Waals surface area contributed by atoms with Crippen molar-refractivity contribution in [1.29, 1.82) is 0 Å². The Kier molecular flexibility index (Phi) is 6.78. The number of allylic oxidation sites excluding steroid dienone is 3. The Morgan fingerprint density at radius 2 is 1.81 bits per heavy atom. The fraction of sp³-hybridized carbons (Fsp3) is 0.862. The summed E-state index contributed by atoms with van der Waals surface area (Å²) in [6, 6.07) is 0. The molecule has 0 bridgehead atoms. The third-order valence-corrected chi connectivity index (χ3v) is 11.1. The molecule has 0 saturated heterocycles. The molecule has 0 aromatic rings. The molecule has 4 rings (SSSR count). The van der Waals surface area contributed by atoms with Crippen LogP contribution in [0.5, 0.6) is 0 Å². The second-order valence-electron chi connectivity index (χ2n) is 12.8. The Balaban J connectivity index is 1.56. The van der Waals surface area contributed by atoms with Crippen molar-refractivity contribution in [2.75, 3.05) is 6.61 Å². The Labute approximate surface area is 196 Å². The molecule has 1 unspecified atom stereocenters. The normalized spacial score (nSPS) is 46.8. The van der Waals surface area contributed by atoms with Crippen molar-refractivity contribution in [1.82, 2.24) is 0 Å². The molecule has 4 aliphatic rings. The number of aliphatic hydroxyl groups excluding tert-OH is 3. The van der Waals surface area contributed by atoms with E-state index in [1.54, 1.807) is 5.57 Å². The molecule has 3 fully saturated rings. The van der Waals surface area contributed by atoms with Gasteiger partial charge in [0, 0.05) is 6.61 Å². The van der Waals surface area contributed by atoms with Crippen molar-refractivity contribution in [3.8, 4) is 0 Å². The highest BCUT2D eigenvalue weighted by atomic mass is 16.3. The van der Waals surface area contributed by atoms with Crippen molar-refractivity contribution < 1.29 is 15.3 Å². The lowest BCUT2D eigenvalue weighted by atomic mass is 9.46. The summed E-state index contributed by atoms with van der Waals surface area (Å²) in [4.78, 5) is 0. The summed E-state index contributed by atoms with van der Waals surface area (Å²) in [7, 11) is 0. The Morgan fingerprint density at radius 3 is 2.47 bits per heavy atom. The van der Waals surface area contributed by atoms with Gasteiger partial charge in [-0.15, -0.1) is 0 Å². The second-order valence-corrected chi connectivity index (χ2v) is 12.8. The Hall–Kier alpha value is -0.640. The highest BCUT2D eigenvalue weighted by molar-refractivity contribution is 5.28. The third-order valence-electron chi connectivity index (χ3n) is 11.1. The predicted molar refractivity (Wildman–Crippen MR) is 131 cm³/mol. The minimum Gasteiger partial charge on any atom is -0.396 e. The van der Waals surface area contributed by atoms with E-state index in [1.165, 1.54) is 31.3 Å². The molecule has 0 spiro atoms. The molecule has 3 heteroatoms. The molecule has 0 aliphatic heterocycles. The number of hydrogen-bond acceptors (Lipinski definition) is 3. The average Bonchev–Trinajstić information content (AvgIpc) is 3.09. The van der Waals surface area contributed by atoms with Crippen LogP contribution in [0, 0.1) is 52.3 Å². The first kappa shape index (κ1) is 24.5. The topological polar surface area (TPSA) is 60.7 Å². The van der Waals surface area contributed by atoms with Gasteiger partial charge in [0.2, 0.25) is 0 Å². The molecule has 3 N–H and O–H groups in total. The summed E-state index contributed by atoms with van der Waals surface area (Å²) < 4.78 is 0. The molecule has 10 atom stereocenters. The van der Waals surface area contributed by atoms with E-state index in [0.717, 1.165) is 25.7 Å². The molecule has 0 amide bonds. The maximum atomic E-state index is 10.7. The van der Waals surface area contributed by atoms with Gasteiger partial charge in [-0.25, -0.2) is 0 Å². The number of aliphatic hydroxyl groups is 3. The fourth-order valence-corrected chi connectivity index (χ4v) is 8.94. The molecule has 0 radical (unpaired) electrons. The first-order valence-corrected chi connectivity index (χ1v) is 13.4. The van der Waals surface area contributed by atoms with E-state index in [1.807, 2.05) is 0 Å². The summed E-state index contributed by atoms with van der Waals surface area (Å²) in [5.74, 6) is 3.24. The van der Waals surface area contributed by atoms with Crippen LogP contribution in [0.1, 0.15) is 86.0 Å². The molecule has 182 valence electrons. The van der Waals surface area contributed by atoms with Crippen LogP contribution in [-0.2, 0) is 0 Å². The summed E-state index contributed by atoms with van der Waals surface area (Å²) in [5.41, 5.74) is 3.34.